The molecule has 0 aromatic carbocycles. The van der Waals surface area contributed by atoms with Crippen LogP contribution in [0.5, 0.6) is 0 Å². The van der Waals surface area contributed by atoms with E-state index in [2.05, 4.69) is 23.7 Å². The van der Waals surface area contributed by atoms with E-state index < -0.39 is 0 Å². The minimum Gasteiger partial charge on any atom is -0.361 e. The molecule has 2 rings (SSSR count). The molecule has 0 amide bonds. The van der Waals surface area contributed by atoms with Crippen LogP contribution in [0.2, 0.25) is 0 Å². The first-order valence-electron chi connectivity index (χ1n) is 4.20. The lowest BCUT2D eigenvalue weighted by molar-refractivity contribution is 0.676. The number of hydrogen-bond acceptors (Lipinski definition) is 1. The largest absolute Gasteiger partial charge is 0.361 e. The molecule has 0 radical (unpaired) electrons. The second kappa shape index (κ2) is 2.94. The highest BCUT2D eigenvalue weighted by Crippen LogP contribution is 2.21. The molecule has 1 aliphatic carbocycles. The molecule has 0 fully saturated rings. The number of H-pyrrole nitrogens is 1. The Morgan fingerprint density at radius 2 is 2.18 bits per heavy atom. The molecule has 0 unspecified atom stereocenters. The van der Waals surface area contributed by atoms with Crippen molar-refractivity contribution in [3.8, 4) is 0 Å². The molecule has 1 aromatic heterocycles. The van der Waals surface area contributed by atoms with E-state index in [1.54, 1.807) is 0 Å². The monoisotopic (exact) mass is 167 g/mol. The molecule has 0 aliphatic heterocycles. The van der Waals surface area contributed by atoms with Crippen molar-refractivity contribution in [2.24, 2.45) is 0 Å². The van der Waals surface area contributed by atoms with Gasteiger partial charge in [-0.3, -0.25) is 0 Å². The van der Waals surface area contributed by atoms with Crippen LogP contribution in [0.1, 0.15) is 29.8 Å². The molecule has 1 aromatic rings. The highest BCUT2D eigenvalue weighted by molar-refractivity contribution is 7.79. The van der Waals surface area contributed by atoms with E-state index in [-0.39, 0.29) is 0 Å². The maximum Gasteiger partial charge on any atom is 0.0305 e. The fourth-order valence-corrected chi connectivity index (χ4v) is 1.93. The first-order valence-corrected chi connectivity index (χ1v) is 4.84. The van der Waals surface area contributed by atoms with Gasteiger partial charge in [0.05, 0.1) is 0 Å². The van der Waals surface area contributed by atoms with E-state index >= 15 is 0 Å². The Morgan fingerprint density at radius 1 is 1.36 bits per heavy atom. The molecular weight excluding hydrogens is 154 g/mol. The molecule has 1 heterocycles. The molecule has 1 N–H and O–H groups in total. The molecule has 0 spiro atoms. The Labute approximate surface area is 72.6 Å². The predicted molar refractivity (Wildman–Crippen MR) is 50.1 cm³/mol. The van der Waals surface area contributed by atoms with Crippen LogP contribution >= 0.6 is 12.6 Å². The van der Waals surface area contributed by atoms with Gasteiger partial charge in [-0.1, -0.05) is 0 Å². The Hall–Kier alpha value is -0.370. The standard InChI is InChI=1S/C9H13NS/c11-6-8-5-7-3-1-2-4-9(7)10-8/h5,10-11H,1-4,6H2. The molecule has 0 saturated carbocycles. The number of hydrogen-bond donors (Lipinski definition) is 2. The van der Waals surface area contributed by atoms with Crippen molar-refractivity contribution in [1.82, 2.24) is 4.98 Å². The van der Waals surface area contributed by atoms with Gasteiger partial charge in [-0.05, 0) is 37.3 Å². The topological polar surface area (TPSA) is 15.8 Å². The summed E-state index contributed by atoms with van der Waals surface area (Å²) in [7, 11) is 0. The number of thiol groups is 1. The van der Waals surface area contributed by atoms with Crippen molar-refractivity contribution < 1.29 is 0 Å². The molecule has 1 nitrogen and oxygen atoms in total. The van der Waals surface area contributed by atoms with Crippen molar-refractivity contribution in [1.29, 1.82) is 0 Å². The molecule has 1 aliphatic rings. The summed E-state index contributed by atoms with van der Waals surface area (Å²) in [6, 6.07) is 2.27. The van der Waals surface area contributed by atoms with Crippen molar-refractivity contribution in [2.75, 3.05) is 0 Å². The molecular formula is C9H13NS. The summed E-state index contributed by atoms with van der Waals surface area (Å²) in [6.07, 6.45) is 5.21. The SMILES string of the molecule is SCc1cc2c([nH]1)CCCC2. The van der Waals surface area contributed by atoms with Crippen LogP contribution in [-0.4, -0.2) is 4.98 Å². The van der Waals surface area contributed by atoms with Crippen molar-refractivity contribution in [3.63, 3.8) is 0 Å². The smallest absolute Gasteiger partial charge is 0.0305 e. The minimum atomic E-state index is 0.840. The van der Waals surface area contributed by atoms with Crippen molar-refractivity contribution >= 4 is 12.6 Å². The third kappa shape index (κ3) is 1.32. The van der Waals surface area contributed by atoms with Gasteiger partial charge in [0.15, 0.2) is 0 Å². The summed E-state index contributed by atoms with van der Waals surface area (Å²) in [4.78, 5) is 3.41. The van der Waals surface area contributed by atoms with Crippen LogP contribution in [0.15, 0.2) is 6.07 Å². The van der Waals surface area contributed by atoms with E-state index in [1.807, 2.05) is 0 Å². The molecule has 60 valence electrons. The first kappa shape index (κ1) is 7.29. The average molecular weight is 167 g/mol. The molecule has 0 saturated heterocycles. The van der Waals surface area contributed by atoms with E-state index in [1.165, 1.54) is 42.6 Å². The predicted octanol–water partition coefficient (Wildman–Crippen LogP) is 2.32. The van der Waals surface area contributed by atoms with Gasteiger partial charge >= 0.3 is 0 Å². The second-order valence-corrected chi connectivity index (χ2v) is 3.48. The molecule has 0 bridgehead atoms. The number of nitrogens with one attached hydrogen (secondary N) is 1. The Bertz CT molecular complexity index is 229. The van der Waals surface area contributed by atoms with Gasteiger partial charge < -0.3 is 4.98 Å². The van der Waals surface area contributed by atoms with Crippen LogP contribution in [0.25, 0.3) is 0 Å². The molecule has 0 atom stereocenters. The summed E-state index contributed by atoms with van der Waals surface area (Å²) in [5.41, 5.74) is 4.26. The number of aryl methyl sites for hydroxylation is 2. The normalized spacial score (nSPS) is 16.5. The Morgan fingerprint density at radius 3 is 2.91 bits per heavy atom. The van der Waals surface area contributed by atoms with Crippen LogP contribution in [0.3, 0.4) is 0 Å². The maximum absolute atomic E-state index is 4.24. The maximum atomic E-state index is 4.24. The van der Waals surface area contributed by atoms with E-state index in [0.717, 1.165) is 5.75 Å². The zero-order chi connectivity index (χ0) is 7.68. The summed E-state index contributed by atoms with van der Waals surface area (Å²) < 4.78 is 0. The highest BCUT2D eigenvalue weighted by Gasteiger charge is 2.11. The number of rotatable bonds is 1. The Kier molecular flexibility index (Phi) is 1.95. The second-order valence-electron chi connectivity index (χ2n) is 3.16. The fourth-order valence-electron chi connectivity index (χ4n) is 1.76. The number of aromatic nitrogens is 1. The average Bonchev–Trinajstić information content (AvgIpc) is 2.46. The zero-order valence-electron chi connectivity index (χ0n) is 6.56. The molecule has 2 heteroatoms. The van der Waals surface area contributed by atoms with Crippen LogP contribution in [0.4, 0.5) is 0 Å². The quantitative estimate of drug-likeness (QED) is 0.597. The van der Waals surface area contributed by atoms with Gasteiger partial charge in [-0.25, -0.2) is 0 Å². The van der Waals surface area contributed by atoms with E-state index in [0.29, 0.717) is 0 Å². The van der Waals surface area contributed by atoms with Gasteiger partial charge in [0, 0.05) is 17.1 Å². The minimum absolute atomic E-state index is 0.840. The van der Waals surface area contributed by atoms with Crippen LogP contribution in [-0.2, 0) is 18.6 Å². The van der Waals surface area contributed by atoms with Crippen molar-refractivity contribution in [3.05, 3.63) is 23.0 Å². The Balaban J connectivity index is 2.32. The van der Waals surface area contributed by atoms with Gasteiger partial charge in [0.25, 0.3) is 0 Å². The summed E-state index contributed by atoms with van der Waals surface area (Å²) in [5, 5.41) is 0. The summed E-state index contributed by atoms with van der Waals surface area (Å²) in [6.45, 7) is 0. The van der Waals surface area contributed by atoms with Crippen LogP contribution < -0.4 is 0 Å². The van der Waals surface area contributed by atoms with Crippen LogP contribution in [0, 0.1) is 0 Å². The lowest BCUT2D eigenvalue weighted by Crippen LogP contribution is -1.99. The molecule has 11 heavy (non-hydrogen) atoms. The van der Waals surface area contributed by atoms with E-state index in [9.17, 15) is 0 Å². The fraction of sp³-hybridized carbons (Fsp3) is 0.556. The van der Waals surface area contributed by atoms with Gasteiger partial charge in [-0.2, -0.15) is 12.6 Å². The summed E-state index contributed by atoms with van der Waals surface area (Å²) in [5.74, 6) is 0.840. The highest BCUT2D eigenvalue weighted by atomic mass is 32.1. The zero-order valence-corrected chi connectivity index (χ0v) is 7.45. The van der Waals surface area contributed by atoms with Gasteiger partial charge in [0.1, 0.15) is 0 Å². The summed E-state index contributed by atoms with van der Waals surface area (Å²) >= 11 is 4.24. The third-order valence-corrected chi connectivity index (χ3v) is 2.68. The lowest BCUT2D eigenvalue weighted by atomic mass is 9.98. The number of aromatic amines is 1. The third-order valence-electron chi connectivity index (χ3n) is 2.34. The van der Waals surface area contributed by atoms with Crippen molar-refractivity contribution in [2.45, 2.75) is 31.4 Å². The van der Waals surface area contributed by atoms with E-state index in [4.69, 9.17) is 0 Å². The lowest BCUT2D eigenvalue weighted by Gasteiger charge is -2.08. The van der Waals surface area contributed by atoms with Gasteiger partial charge in [0.2, 0.25) is 0 Å². The first-order chi connectivity index (χ1) is 5.40. The number of fused-ring (bicyclic) bond motifs is 1. The van der Waals surface area contributed by atoms with Gasteiger partial charge in [-0.15, -0.1) is 0 Å².